The Kier molecular flexibility index (Phi) is 1.36. The molecule has 2 aromatic heterocycles. The van der Waals surface area contributed by atoms with Crippen LogP contribution in [0.3, 0.4) is 0 Å². The number of aryl methyl sites for hydroxylation is 1. The third kappa shape index (κ3) is 0.865. The van der Waals surface area contributed by atoms with E-state index < -0.39 is 0 Å². The lowest BCUT2D eigenvalue weighted by molar-refractivity contribution is 1.25. The molecule has 3 rings (SSSR count). The summed E-state index contributed by atoms with van der Waals surface area (Å²) in [7, 11) is 0. The van der Waals surface area contributed by atoms with Gasteiger partial charge in [0.1, 0.15) is 5.52 Å². The number of rotatable bonds is 1. The van der Waals surface area contributed by atoms with Crippen LogP contribution in [-0.2, 0) is 0 Å². The molecule has 14 heavy (non-hydrogen) atoms. The number of H-pyrrole nitrogens is 1. The number of allylic oxidation sites excluding steroid dienone is 4. The molecule has 68 valence electrons. The first-order chi connectivity index (χ1) is 6.86. The molecule has 2 aromatic rings. The van der Waals surface area contributed by atoms with Crippen molar-refractivity contribution in [3.63, 3.8) is 0 Å². The molecule has 0 aliphatic heterocycles. The molecule has 1 N–H and O–H groups in total. The van der Waals surface area contributed by atoms with Crippen molar-refractivity contribution in [1.29, 1.82) is 0 Å². The molecule has 0 spiro atoms. The van der Waals surface area contributed by atoms with Gasteiger partial charge in [-0.25, -0.2) is 4.98 Å². The summed E-state index contributed by atoms with van der Waals surface area (Å²) in [6.07, 6.45) is 9.61. The van der Waals surface area contributed by atoms with Gasteiger partial charge in [-0.1, -0.05) is 18.2 Å². The van der Waals surface area contributed by atoms with Crippen LogP contribution in [0.4, 0.5) is 0 Å². The highest BCUT2D eigenvalue weighted by Gasteiger charge is 2.12. The molecule has 3 heteroatoms. The van der Waals surface area contributed by atoms with E-state index in [4.69, 9.17) is 0 Å². The Labute approximate surface area is 81.2 Å². The Bertz CT molecular complexity index is 561. The highest BCUT2D eigenvalue weighted by atomic mass is 14.9. The summed E-state index contributed by atoms with van der Waals surface area (Å²) in [4.78, 5) is 11.8. The molecule has 0 fully saturated rings. The quantitative estimate of drug-likeness (QED) is 0.736. The largest absolute Gasteiger partial charge is 0.338 e. The van der Waals surface area contributed by atoms with Gasteiger partial charge in [0.25, 0.3) is 0 Å². The maximum absolute atomic E-state index is 4.30. The van der Waals surface area contributed by atoms with E-state index in [0.29, 0.717) is 0 Å². The maximum atomic E-state index is 4.30. The maximum Gasteiger partial charge on any atom is 0.156 e. The second-order valence-corrected chi connectivity index (χ2v) is 3.36. The molecule has 0 amide bonds. The van der Waals surface area contributed by atoms with Gasteiger partial charge in [0.2, 0.25) is 0 Å². The van der Waals surface area contributed by atoms with E-state index >= 15 is 0 Å². The van der Waals surface area contributed by atoms with Crippen LogP contribution in [0.15, 0.2) is 30.6 Å². The third-order valence-electron chi connectivity index (χ3n) is 2.51. The number of nitrogens with zero attached hydrogens (tertiary/aromatic N) is 2. The number of hydrogen-bond donors (Lipinski definition) is 1. The molecule has 0 saturated carbocycles. The van der Waals surface area contributed by atoms with Crippen LogP contribution in [0.25, 0.3) is 16.7 Å². The van der Waals surface area contributed by atoms with E-state index in [1.807, 2.05) is 6.08 Å². The van der Waals surface area contributed by atoms with Gasteiger partial charge < -0.3 is 4.98 Å². The van der Waals surface area contributed by atoms with Crippen LogP contribution in [0.2, 0.25) is 0 Å². The highest BCUT2D eigenvalue weighted by molar-refractivity contribution is 5.88. The van der Waals surface area contributed by atoms with Gasteiger partial charge >= 0.3 is 0 Å². The molecule has 1 aliphatic carbocycles. The second kappa shape index (κ2) is 2.54. The van der Waals surface area contributed by atoms with Crippen LogP contribution in [0.1, 0.15) is 11.3 Å². The van der Waals surface area contributed by atoms with Crippen LogP contribution in [-0.4, -0.2) is 15.0 Å². The van der Waals surface area contributed by atoms with Crippen LogP contribution in [0, 0.1) is 6.92 Å². The number of hydrogen-bond acceptors (Lipinski definition) is 2. The van der Waals surface area contributed by atoms with Crippen molar-refractivity contribution < 1.29 is 0 Å². The first kappa shape index (κ1) is 7.50. The van der Waals surface area contributed by atoms with Crippen LogP contribution < -0.4 is 0 Å². The fourth-order valence-corrected chi connectivity index (χ4v) is 1.68. The Morgan fingerprint density at radius 1 is 1.21 bits per heavy atom. The van der Waals surface area contributed by atoms with E-state index in [1.165, 1.54) is 11.1 Å². The standard InChI is InChI=1S/C11H9N3/c1-7-9(8-3-2-4-8)14-11-10(7)12-5-6-13-11/h2-6H,1H3,(H,13,14). The molecular formula is C11H9N3. The minimum absolute atomic E-state index is 0.862. The molecule has 0 unspecified atom stereocenters. The van der Waals surface area contributed by atoms with Crippen molar-refractivity contribution in [3.05, 3.63) is 41.9 Å². The topological polar surface area (TPSA) is 41.6 Å². The lowest BCUT2D eigenvalue weighted by Gasteiger charge is -2.05. The number of fused-ring (bicyclic) bond motifs is 1. The summed E-state index contributed by atoms with van der Waals surface area (Å²) in [6, 6.07) is 0. The van der Waals surface area contributed by atoms with Gasteiger partial charge in [-0.15, -0.1) is 0 Å². The van der Waals surface area contributed by atoms with Crippen LogP contribution >= 0.6 is 0 Å². The zero-order valence-corrected chi connectivity index (χ0v) is 7.78. The number of nitrogens with one attached hydrogen (secondary N) is 1. The number of aromatic amines is 1. The summed E-state index contributed by atoms with van der Waals surface area (Å²) >= 11 is 0. The molecule has 0 radical (unpaired) electrons. The van der Waals surface area contributed by atoms with E-state index in [1.54, 1.807) is 12.4 Å². The van der Waals surface area contributed by atoms with Crippen molar-refractivity contribution in [1.82, 2.24) is 15.0 Å². The number of aromatic nitrogens is 3. The van der Waals surface area contributed by atoms with Crippen molar-refractivity contribution in [2.75, 3.05) is 0 Å². The summed E-state index contributed by atoms with van der Waals surface area (Å²) in [5, 5.41) is 0. The lowest BCUT2D eigenvalue weighted by Crippen LogP contribution is -1.88. The zero-order chi connectivity index (χ0) is 9.54. The van der Waals surface area contributed by atoms with Crippen molar-refractivity contribution in [2.24, 2.45) is 0 Å². The Morgan fingerprint density at radius 2 is 2.00 bits per heavy atom. The summed E-state index contributed by atoms with van der Waals surface area (Å²) in [5.74, 6) is 0. The Hall–Kier alpha value is -1.90. The zero-order valence-electron chi connectivity index (χ0n) is 7.78. The predicted octanol–water partition coefficient (Wildman–Crippen LogP) is 2.22. The second-order valence-electron chi connectivity index (χ2n) is 3.36. The van der Waals surface area contributed by atoms with Crippen LogP contribution in [0.5, 0.6) is 0 Å². The average molecular weight is 183 g/mol. The molecule has 0 atom stereocenters. The van der Waals surface area contributed by atoms with Crippen molar-refractivity contribution >= 4 is 16.7 Å². The Balaban J connectivity index is 2.30. The summed E-state index contributed by atoms with van der Waals surface area (Å²) < 4.78 is 0. The smallest absolute Gasteiger partial charge is 0.156 e. The summed E-state index contributed by atoms with van der Waals surface area (Å²) in [6.45, 7) is 2.07. The molecule has 1 aliphatic rings. The summed E-state index contributed by atoms with van der Waals surface area (Å²) in [5.41, 5.74) is 5.35. The first-order valence-electron chi connectivity index (χ1n) is 4.54. The molecule has 0 aromatic carbocycles. The predicted molar refractivity (Wildman–Crippen MR) is 55.7 cm³/mol. The van der Waals surface area contributed by atoms with Gasteiger partial charge in [-0.05, 0) is 12.5 Å². The van der Waals surface area contributed by atoms with E-state index in [-0.39, 0.29) is 0 Å². The lowest BCUT2D eigenvalue weighted by atomic mass is 10.0. The molecule has 3 nitrogen and oxygen atoms in total. The fraction of sp³-hybridized carbons (Fsp3) is 0.0909. The molecular weight excluding hydrogens is 174 g/mol. The van der Waals surface area contributed by atoms with Crippen molar-refractivity contribution in [3.8, 4) is 0 Å². The third-order valence-corrected chi connectivity index (χ3v) is 2.51. The van der Waals surface area contributed by atoms with E-state index in [0.717, 1.165) is 16.9 Å². The van der Waals surface area contributed by atoms with Crippen molar-refractivity contribution in [2.45, 2.75) is 6.92 Å². The SMILES string of the molecule is Cc1c(C2=CC=C2)[nH]c2nccnc12. The molecule has 0 bridgehead atoms. The van der Waals surface area contributed by atoms with Gasteiger partial charge in [-0.2, -0.15) is 0 Å². The molecule has 2 heterocycles. The average Bonchev–Trinajstić information content (AvgIpc) is 2.43. The monoisotopic (exact) mass is 183 g/mol. The van der Waals surface area contributed by atoms with Gasteiger partial charge in [0.15, 0.2) is 5.65 Å². The first-order valence-corrected chi connectivity index (χ1v) is 4.54. The normalized spacial score (nSPS) is 14.2. The fourth-order valence-electron chi connectivity index (χ4n) is 1.68. The van der Waals surface area contributed by atoms with E-state index in [2.05, 4.69) is 34.0 Å². The Morgan fingerprint density at radius 3 is 2.64 bits per heavy atom. The minimum Gasteiger partial charge on any atom is -0.338 e. The van der Waals surface area contributed by atoms with Gasteiger partial charge in [0.05, 0.1) is 5.69 Å². The van der Waals surface area contributed by atoms with Gasteiger partial charge in [-0.3, -0.25) is 4.98 Å². The van der Waals surface area contributed by atoms with E-state index in [9.17, 15) is 0 Å². The minimum atomic E-state index is 0.862. The molecule has 0 saturated heterocycles. The highest BCUT2D eigenvalue weighted by Crippen LogP contribution is 2.27. The van der Waals surface area contributed by atoms with Gasteiger partial charge in [0, 0.05) is 18.0 Å².